The molecule has 96 valence electrons. The molecule has 0 radical (unpaired) electrons. The average Bonchev–Trinajstić information content (AvgIpc) is 2.85. The number of nitrogens with two attached hydrogens (primary N) is 1. The van der Waals surface area contributed by atoms with E-state index in [0.717, 1.165) is 5.56 Å². The molecule has 0 atom stereocenters. The van der Waals surface area contributed by atoms with Crippen LogP contribution in [0.25, 0.3) is 0 Å². The van der Waals surface area contributed by atoms with Crippen molar-refractivity contribution < 1.29 is 9.13 Å². The molecule has 4 nitrogen and oxygen atoms in total. The summed E-state index contributed by atoms with van der Waals surface area (Å²) in [5.74, 6) is 0.423. The fraction of sp³-hybridized carbons (Fsp3) is 0.308. The summed E-state index contributed by atoms with van der Waals surface area (Å²) >= 11 is 0. The van der Waals surface area contributed by atoms with E-state index in [1.165, 1.54) is 12.1 Å². The van der Waals surface area contributed by atoms with Gasteiger partial charge >= 0.3 is 0 Å². The maximum absolute atomic E-state index is 13.1. The topological polar surface area (TPSA) is 53.1 Å². The van der Waals surface area contributed by atoms with Crippen molar-refractivity contribution in [2.75, 3.05) is 13.2 Å². The number of ether oxygens (including phenoxy) is 1. The van der Waals surface area contributed by atoms with E-state index in [9.17, 15) is 4.39 Å². The summed E-state index contributed by atoms with van der Waals surface area (Å²) < 4.78 is 20.5. The maximum atomic E-state index is 13.1. The molecule has 18 heavy (non-hydrogen) atoms. The van der Waals surface area contributed by atoms with Crippen molar-refractivity contribution in [3.8, 4) is 5.75 Å². The third-order valence-electron chi connectivity index (χ3n) is 2.57. The smallest absolute Gasteiger partial charge is 0.123 e. The van der Waals surface area contributed by atoms with Gasteiger partial charge in [0.05, 0.1) is 6.54 Å². The van der Waals surface area contributed by atoms with Crippen LogP contribution in [0, 0.1) is 5.82 Å². The number of hydrogen-bond acceptors (Lipinski definition) is 3. The maximum Gasteiger partial charge on any atom is 0.123 e. The Hall–Kier alpha value is -1.88. The predicted molar refractivity (Wildman–Crippen MR) is 66.9 cm³/mol. The third-order valence-corrected chi connectivity index (χ3v) is 2.57. The van der Waals surface area contributed by atoms with Gasteiger partial charge in [-0.1, -0.05) is 0 Å². The number of benzene rings is 1. The van der Waals surface area contributed by atoms with Gasteiger partial charge in [-0.2, -0.15) is 5.10 Å². The van der Waals surface area contributed by atoms with E-state index in [2.05, 4.69) is 5.10 Å². The molecule has 0 fully saturated rings. The SMILES string of the molecule is NCCc1cc(F)ccc1OCCn1cccn1. The lowest BCUT2D eigenvalue weighted by Crippen LogP contribution is -2.11. The van der Waals surface area contributed by atoms with E-state index in [1.54, 1.807) is 16.9 Å². The summed E-state index contributed by atoms with van der Waals surface area (Å²) in [7, 11) is 0. The van der Waals surface area contributed by atoms with Gasteiger partial charge in [0.15, 0.2) is 0 Å². The Morgan fingerprint density at radius 2 is 2.28 bits per heavy atom. The molecule has 2 N–H and O–H groups in total. The third kappa shape index (κ3) is 3.30. The van der Waals surface area contributed by atoms with Crippen LogP contribution in [0.5, 0.6) is 5.75 Å². The molecule has 0 spiro atoms. The number of hydrogen-bond donors (Lipinski definition) is 1. The Bertz CT molecular complexity index is 485. The van der Waals surface area contributed by atoms with Crippen LogP contribution < -0.4 is 10.5 Å². The van der Waals surface area contributed by atoms with Gasteiger partial charge in [0.2, 0.25) is 0 Å². The standard InChI is InChI=1S/C13H16FN3O/c14-12-2-3-13(11(10-12)4-5-15)18-9-8-17-7-1-6-16-17/h1-3,6-7,10H,4-5,8-9,15H2. The highest BCUT2D eigenvalue weighted by atomic mass is 19.1. The molecule has 0 aliphatic heterocycles. The fourth-order valence-electron chi connectivity index (χ4n) is 1.72. The minimum Gasteiger partial charge on any atom is -0.491 e. The highest BCUT2D eigenvalue weighted by Crippen LogP contribution is 2.20. The number of aromatic nitrogens is 2. The van der Waals surface area contributed by atoms with Gasteiger partial charge in [-0.15, -0.1) is 0 Å². The molecule has 1 heterocycles. The molecule has 0 aliphatic rings. The minimum atomic E-state index is -0.266. The molecule has 5 heteroatoms. The summed E-state index contributed by atoms with van der Waals surface area (Å²) in [6, 6.07) is 6.36. The van der Waals surface area contributed by atoms with E-state index in [0.29, 0.717) is 31.9 Å². The minimum absolute atomic E-state index is 0.266. The average molecular weight is 249 g/mol. The first-order valence-corrected chi connectivity index (χ1v) is 5.88. The van der Waals surface area contributed by atoms with Crippen LogP contribution in [0.3, 0.4) is 0 Å². The molecule has 0 aliphatic carbocycles. The second kappa shape index (κ2) is 6.16. The lowest BCUT2D eigenvalue weighted by atomic mass is 10.1. The summed E-state index contributed by atoms with van der Waals surface area (Å²) in [5.41, 5.74) is 6.30. The van der Waals surface area contributed by atoms with Crippen molar-refractivity contribution in [1.29, 1.82) is 0 Å². The Labute approximate surface area is 105 Å². The summed E-state index contributed by atoms with van der Waals surface area (Å²) in [6.45, 7) is 1.62. The van der Waals surface area contributed by atoms with Crippen LogP contribution in [0.15, 0.2) is 36.7 Å². The Kier molecular flexibility index (Phi) is 4.30. The van der Waals surface area contributed by atoms with Crippen molar-refractivity contribution in [1.82, 2.24) is 9.78 Å². The highest BCUT2D eigenvalue weighted by molar-refractivity contribution is 5.34. The van der Waals surface area contributed by atoms with Crippen molar-refractivity contribution in [3.63, 3.8) is 0 Å². The lowest BCUT2D eigenvalue weighted by molar-refractivity contribution is 0.288. The Balaban J connectivity index is 1.95. The Morgan fingerprint density at radius 3 is 3.00 bits per heavy atom. The van der Waals surface area contributed by atoms with Crippen LogP contribution >= 0.6 is 0 Å². The van der Waals surface area contributed by atoms with Crippen LogP contribution in [0.2, 0.25) is 0 Å². The largest absolute Gasteiger partial charge is 0.491 e. The summed E-state index contributed by atoms with van der Waals surface area (Å²) in [5, 5.41) is 4.08. The van der Waals surface area contributed by atoms with Gasteiger partial charge in [0.25, 0.3) is 0 Å². The zero-order chi connectivity index (χ0) is 12.8. The second-order valence-electron chi connectivity index (χ2n) is 3.91. The first kappa shape index (κ1) is 12.6. The summed E-state index contributed by atoms with van der Waals surface area (Å²) in [4.78, 5) is 0. The van der Waals surface area contributed by atoms with Crippen LogP contribution in [-0.4, -0.2) is 22.9 Å². The lowest BCUT2D eigenvalue weighted by Gasteiger charge is -2.11. The molecule has 1 aromatic carbocycles. The van der Waals surface area contributed by atoms with Crippen molar-refractivity contribution in [2.24, 2.45) is 5.73 Å². The van der Waals surface area contributed by atoms with Gasteiger partial charge in [0, 0.05) is 12.4 Å². The monoisotopic (exact) mass is 249 g/mol. The van der Waals surface area contributed by atoms with Gasteiger partial charge in [-0.3, -0.25) is 4.68 Å². The first-order chi connectivity index (χ1) is 8.79. The van der Waals surface area contributed by atoms with Crippen molar-refractivity contribution >= 4 is 0 Å². The molecular formula is C13H16FN3O. The highest BCUT2D eigenvalue weighted by Gasteiger charge is 2.05. The number of rotatable bonds is 6. The molecule has 2 aromatic rings. The molecule has 0 bridgehead atoms. The Morgan fingerprint density at radius 1 is 1.39 bits per heavy atom. The normalized spacial score (nSPS) is 10.6. The summed E-state index contributed by atoms with van der Waals surface area (Å²) in [6.07, 6.45) is 4.20. The number of nitrogens with zero attached hydrogens (tertiary/aromatic N) is 2. The molecule has 1 aromatic heterocycles. The van der Waals surface area contributed by atoms with Gasteiger partial charge in [-0.05, 0) is 42.8 Å². The van der Waals surface area contributed by atoms with Crippen LogP contribution in [0.4, 0.5) is 4.39 Å². The first-order valence-electron chi connectivity index (χ1n) is 5.88. The van der Waals surface area contributed by atoms with E-state index in [1.807, 2.05) is 12.3 Å². The second-order valence-corrected chi connectivity index (χ2v) is 3.91. The van der Waals surface area contributed by atoms with Crippen LogP contribution in [-0.2, 0) is 13.0 Å². The molecule has 0 amide bonds. The molecule has 0 unspecified atom stereocenters. The van der Waals surface area contributed by atoms with Gasteiger partial charge in [-0.25, -0.2) is 4.39 Å². The zero-order valence-corrected chi connectivity index (χ0v) is 10.1. The predicted octanol–water partition coefficient (Wildman–Crippen LogP) is 1.60. The quantitative estimate of drug-likeness (QED) is 0.846. The van der Waals surface area contributed by atoms with E-state index >= 15 is 0 Å². The van der Waals surface area contributed by atoms with Crippen molar-refractivity contribution in [3.05, 3.63) is 48.0 Å². The molecule has 0 saturated heterocycles. The molecule has 0 saturated carbocycles. The van der Waals surface area contributed by atoms with Gasteiger partial charge in [0.1, 0.15) is 18.2 Å². The van der Waals surface area contributed by atoms with Crippen molar-refractivity contribution in [2.45, 2.75) is 13.0 Å². The molecular weight excluding hydrogens is 233 g/mol. The van der Waals surface area contributed by atoms with E-state index < -0.39 is 0 Å². The fourth-order valence-corrected chi connectivity index (χ4v) is 1.72. The van der Waals surface area contributed by atoms with Crippen LogP contribution in [0.1, 0.15) is 5.56 Å². The van der Waals surface area contributed by atoms with E-state index in [4.69, 9.17) is 10.5 Å². The zero-order valence-electron chi connectivity index (χ0n) is 10.1. The number of halogens is 1. The van der Waals surface area contributed by atoms with E-state index in [-0.39, 0.29) is 5.82 Å². The molecule has 2 rings (SSSR count). The van der Waals surface area contributed by atoms with Gasteiger partial charge < -0.3 is 10.5 Å².